The van der Waals surface area contributed by atoms with Crippen molar-refractivity contribution in [2.45, 2.75) is 38.5 Å². The van der Waals surface area contributed by atoms with E-state index in [2.05, 4.69) is 0 Å². The zero-order valence-electron chi connectivity index (χ0n) is 11.7. The first-order valence-electron chi connectivity index (χ1n) is 6.75. The fourth-order valence-corrected chi connectivity index (χ4v) is 4.74. The van der Waals surface area contributed by atoms with Crippen molar-refractivity contribution in [2.75, 3.05) is 12.3 Å². The van der Waals surface area contributed by atoms with Gasteiger partial charge >= 0.3 is 5.97 Å². The Morgan fingerprint density at radius 2 is 2.25 bits per heavy atom. The number of carboxylic acid groups (broad SMARTS) is 1. The second-order valence-electron chi connectivity index (χ2n) is 4.90. The van der Waals surface area contributed by atoms with Crippen molar-refractivity contribution in [3.05, 3.63) is 21.4 Å². The van der Waals surface area contributed by atoms with E-state index in [1.54, 1.807) is 23.2 Å². The smallest absolute Gasteiger partial charge is 0.305 e. The maximum atomic E-state index is 12.6. The predicted octanol–water partition coefficient (Wildman–Crippen LogP) is 2.86. The molecular formula is C14H19NO3S2. The maximum absolute atomic E-state index is 12.6. The number of aryl methyl sites for hydroxylation is 1. The molecule has 1 unspecified atom stereocenters. The van der Waals surface area contributed by atoms with E-state index in [0.717, 1.165) is 22.8 Å². The van der Waals surface area contributed by atoms with Crippen molar-refractivity contribution < 1.29 is 14.7 Å². The van der Waals surface area contributed by atoms with Crippen LogP contribution in [0.2, 0.25) is 0 Å². The third-order valence-electron chi connectivity index (χ3n) is 3.44. The van der Waals surface area contributed by atoms with Crippen molar-refractivity contribution in [3.63, 3.8) is 0 Å². The molecule has 2 heterocycles. The molecule has 1 aromatic heterocycles. The minimum atomic E-state index is -0.870. The van der Waals surface area contributed by atoms with Gasteiger partial charge in [0.15, 0.2) is 0 Å². The van der Waals surface area contributed by atoms with Crippen LogP contribution in [0.5, 0.6) is 0 Å². The first kappa shape index (κ1) is 15.4. The summed E-state index contributed by atoms with van der Waals surface area (Å²) in [5.74, 6) is 1.19. The monoisotopic (exact) mass is 313 g/mol. The number of fused-ring (bicyclic) bond motifs is 1. The molecule has 1 N–H and O–H groups in total. The van der Waals surface area contributed by atoms with Crippen LogP contribution in [0.4, 0.5) is 0 Å². The zero-order valence-corrected chi connectivity index (χ0v) is 13.4. The molecule has 6 heteroatoms. The molecule has 0 radical (unpaired) electrons. The van der Waals surface area contributed by atoms with E-state index in [1.165, 1.54) is 10.4 Å². The van der Waals surface area contributed by atoms with Gasteiger partial charge in [0.2, 0.25) is 0 Å². The normalized spacial score (nSPS) is 15.5. The summed E-state index contributed by atoms with van der Waals surface area (Å²) < 4.78 is 0. The molecule has 1 atom stereocenters. The van der Waals surface area contributed by atoms with Crippen LogP contribution in [0, 0.1) is 0 Å². The minimum absolute atomic E-state index is 0.0134. The quantitative estimate of drug-likeness (QED) is 0.908. The Balaban J connectivity index is 2.15. The number of thiophene rings is 1. The van der Waals surface area contributed by atoms with Crippen molar-refractivity contribution in [3.8, 4) is 0 Å². The Bertz CT molecular complexity index is 489. The van der Waals surface area contributed by atoms with Gasteiger partial charge < -0.3 is 10.0 Å². The molecule has 0 bridgehead atoms. The van der Waals surface area contributed by atoms with Crippen LogP contribution < -0.4 is 0 Å². The number of nitrogens with zero attached hydrogens (tertiary/aromatic N) is 1. The van der Waals surface area contributed by atoms with Crippen LogP contribution >= 0.6 is 23.1 Å². The molecule has 2 rings (SSSR count). The predicted molar refractivity (Wildman–Crippen MR) is 82.6 cm³/mol. The molecule has 0 saturated heterocycles. The Kier molecular flexibility index (Phi) is 5.10. The summed E-state index contributed by atoms with van der Waals surface area (Å²) in [6, 6.07) is 1.71. The number of carbonyl (C=O) groups excluding carboxylic acids is 1. The number of hydrogen-bond acceptors (Lipinski definition) is 4. The van der Waals surface area contributed by atoms with Gasteiger partial charge in [0.25, 0.3) is 5.91 Å². The molecular weight excluding hydrogens is 294 g/mol. The molecule has 20 heavy (non-hydrogen) atoms. The summed E-state index contributed by atoms with van der Waals surface area (Å²) in [4.78, 5) is 27.1. The summed E-state index contributed by atoms with van der Waals surface area (Å²) in [6.07, 6.45) is 1.02. The van der Waals surface area contributed by atoms with Crippen LogP contribution in [0.1, 0.15) is 40.4 Å². The molecule has 1 amide bonds. The van der Waals surface area contributed by atoms with E-state index >= 15 is 0 Å². The number of rotatable bonds is 5. The third-order valence-corrected chi connectivity index (χ3v) is 5.68. The lowest BCUT2D eigenvalue weighted by Crippen LogP contribution is -2.39. The van der Waals surface area contributed by atoms with Gasteiger partial charge in [0.05, 0.1) is 11.3 Å². The number of carboxylic acids is 1. The molecule has 0 spiro atoms. The summed E-state index contributed by atoms with van der Waals surface area (Å²) in [5, 5.41) is 8.88. The number of hydrogen-bond donors (Lipinski definition) is 1. The van der Waals surface area contributed by atoms with Crippen molar-refractivity contribution in [1.82, 2.24) is 4.90 Å². The average Bonchev–Trinajstić information content (AvgIpc) is 2.82. The SMILES string of the molecule is CCN(C(=O)c1cc2c(s1)CCSC2)C(C)CC(=O)O. The summed E-state index contributed by atoms with van der Waals surface area (Å²) in [5.41, 5.74) is 1.27. The van der Waals surface area contributed by atoms with Gasteiger partial charge in [-0.15, -0.1) is 11.3 Å². The first-order chi connectivity index (χ1) is 9.52. The van der Waals surface area contributed by atoms with Gasteiger partial charge in [0.1, 0.15) is 0 Å². The third kappa shape index (κ3) is 3.35. The minimum Gasteiger partial charge on any atom is -0.481 e. The van der Waals surface area contributed by atoms with E-state index in [-0.39, 0.29) is 18.4 Å². The van der Waals surface area contributed by atoms with Crippen molar-refractivity contribution in [1.29, 1.82) is 0 Å². The molecule has 0 aliphatic carbocycles. The highest BCUT2D eigenvalue weighted by molar-refractivity contribution is 7.98. The molecule has 1 aromatic rings. The summed E-state index contributed by atoms with van der Waals surface area (Å²) >= 11 is 3.47. The molecule has 1 aliphatic heterocycles. The lowest BCUT2D eigenvalue weighted by molar-refractivity contribution is -0.138. The highest BCUT2D eigenvalue weighted by atomic mass is 32.2. The number of amides is 1. The van der Waals surface area contributed by atoms with Crippen LogP contribution in [0.3, 0.4) is 0 Å². The lowest BCUT2D eigenvalue weighted by Gasteiger charge is -2.26. The summed E-state index contributed by atoms with van der Waals surface area (Å²) in [7, 11) is 0. The molecule has 0 fully saturated rings. The maximum Gasteiger partial charge on any atom is 0.305 e. The van der Waals surface area contributed by atoms with E-state index in [1.807, 2.05) is 24.8 Å². The number of carbonyl (C=O) groups is 2. The largest absolute Gasteiger partial charge is 0.481 e. The second kappa shape index (κ2) is 6.63. The van der Waals surface area contributed by atoms with E-state index in [9.17, 15) is 9.59 Å². The molecule has 0 saturated carbocycles. The van der Waals surface area contributed by atoms with Gasteiger partial charge in [-0.05, 0) is 37.7 Å². The second-order valence-corrected chi connectivity index (χ2v) is 7.14. The Labute approximate surface area is 127 Å². The van der Waals surface area contributed by atoms with Gasteiger partial charge in [-0.1, -0.05) is 0 Å². The standard InChI is InChI=1S/C14H19NO3S2/c1-3-15(9(2)6-13(16)17)14(18)12-7-10-8-19-5-4-11(10)20-12/h7,9H,3-6,8H2,1-2H3,(H,16,17). The van der Waals surface area contributed by atoms with E-state index < -0.39 is 5.97 Å². The number of aliphatic carboxylic acids is 1. The van der Waals surface area contributed by atoms with E-state index in [0.29, 0.717) is 6.54 Å². The van der Waals surface area contributed by atoms with Crippen molar-refractivity contribution >= 4 is 35.0 Å². The van der Waals surface area contributed by atoms with Crippen LogP contribution in [0.25, 0.3) is 0 Å². The number of thioether (sulfide) groups is 1. The van der Waals surface area contributed by atoms with Crippen LogP contribution in [-0.2, 0) is 17.0 Å². The lowest BCUT2D eigenvalue weighted by atomic mass is 10.2. The highest BCUT2D eigenvalue weighted by Gasteiger charge is 2.25. The Morgan fingerprint density at radius 1 is 1.50 bits per heavy atom. The average molecular weight is 313 g/mol. The van der Waals surface area contributed by atoms with Crippen LogP contribution in [0.15, 0.2) is 6.07 Å². The fourth-order valence-electron chi connectivity index (χ4n) is 2.41. The summed E-state index contributed by atoms with van der Waals surface area (Å²) in [6.45, 7) is 4.21. The molecule has 0 aromatic carbocycles. The molecule has 110 valence electrons. The van der Waals surface area contributed by atoms with Gasteiger partial charge in [-0.2, -0.15) is 11.8 Å². The topological polar surface area (TPSA) is 57.6 Å². The Morgan fingerprint density at radius 3 is 2.85 bits per heavy atom. The first-order valence-corrected chi connectivity index (χ1v) is 8.72. The fraction of sp³-hybridized carbons (Fsp3) is 0.571. The molecule has 1 aliphatic rings. The Hall–Kier alpha value is -1.01. The van der Waals surface area contributed by atoms with Crippen molar-refractivity contribution in [2.24, 2.45) is 0 Å². The highest BCUT2D eigenvalue weighted by Crippen LogP contribution is 2.32. The van der Waals surface area contributed by atoms with E-state index in [4.69, 9.17) is 5.11 Å². The van der Waals surface area contributed by atoms with Gasteiger partial charge in [0, 0.05) is 23.2 Å². The zero-order chi connectivity index (χ0) is 14.7. The molecule has 4 nitrogen and oxygen atoms in total. The van der Waals surface area contributed by atoms with Gasteiger partial charge in [-0.3, -0.25) is 9.59 Å². The van der Waals surface area contributed by atoms with Crippen LogP contribution in [-0.4, -0.2) is 40.2 Å². The van der Waals surface area contributed by atoms with Gasteiger partial charge in [-0.25, -0.2) is 0 Å².